The topological polar surface area (TPSA) is 37.4 Å². The Hall–Kier alpha value is -1.00. The molecule has 1 unspecified atom stereocenters. The lowest BCUT2D eigenvalue weighted by Crippen LogP contribution is -2.25. The van der Waals surface area contributed by atoms with Crippen molar-refractivity contribution in [2.45, 2.75) is 32.1 Å². The Labute approximate surface area is 122 Å². The van der Waals surface area contributed by atoms with Crippen molar-refractivity contribution >= 4 is 34.4 Å². The van der Waals surface area contributed by atoms with Crippen molar-refractivity contribution in [1.29, 1.82) is 0 Å². The summed E-state index contributed by atoms with van der Waals surface area (Å²) >= 11 is 7.43. The summed E-state index contributed by atoms with van der Waals surface area (Å²) in [5, 5.41) is 0.831. The van der Waals surface area contributed by atoms with Gasteiger partial charge >= 0.3 is 0 Å². The van der Waals surface area contributed by atoms with Crippen LogP contribution in [0.4, 0.5) is 0 Å². The molecule has 0 aromatic heterocycles. The van der Waals surface area contributed by atoms with Gasteiger partial charge in [0.05, 0.1) is 0 Å². The Bertz CT molecular complexity index is 518. The highest BCUT2D eigenvalue weighted by Gasteiger charge is 2.31. The predicted octanol–water partition coefficient (Wildman–Crippen LogP) is 3.03. The van der Waals surface area contributed by atoms with Gasteiger partial charge in [-0.05, 0) is 24.1 Å². The van der Waals surface area contributed by atoms with E-state index in [1.807, 2.05) is 25.1 Å². The Morgan fingerprint density at radius 3 is 2.89 bits per heavy atom. The van der Waals surface area contributed by atoms with Crippen LogP contribution in [0.5, 0.6) is 0 Å². The normalized spacial score (nSPS) is 19.0. The summed E-state index contributed by atoms with van der Waals surface area (Å²) in [4.78, 5) is 24.8. The number of thioether (sulfide) groups is 1. The van der Waals surface area contributed by atoms with Crippen LogP contribution in [0.2, 0.25) is 5.02 Å². The van der Waals surface area contributed by atoms with Gasteiger partial charge in [-0.25, -0.2) is 0 Å². The Morgan fingerprint density at radius 2 is 2.26 bits per heavy atom. The molecule has 1 fully saturated rings. The smallest absolute Gasteiger partial charge is 0.224 e. The molecule has 1 saturated heterocycles. The van der Waals surface area contributed by atoms with Crippen molar-refractivity contribution in [3.63, 3.8) is 0 Å². The standard InChI is InChI=1S/C14H16ClNO2S/c1-9-3-4-11(13(15)5-9)7-16-8-12(6-14(16)18)19-10(2)17/h3-5,12H,6-8H2,1-2H3. The molecule has 0 N–H and O–H groups in total. The van der Waals surface area contributed by atoms with Crippen LogP contribution >= 0.6 is 23.4 Å². The minimum absolute atomic E-state index is 0.0630. The molecule has 0 spiro atoms. The van der Waals surface area contributed by atoms with Gasteiger partial charge in [-0.15, -0.1) is 0 Å². The highest BCUT2D eigenvalue weighted by atomic mass is 35.5. The maximum atomic E-state index is 11.9. The molecule has 0 bridgehead atoms. The molecule has 5 heteroatoms. The van der Waals surface area contributed by atoms with E-state index in [4.69, 9.17) is 11.6 Å². The Morgan fingerprint density at radius 1 is 1.53 bits per heavy atom. The van der Waals surface area contributed by atoms with Gasteiger partial charge in [0.1, 0.15) is 0 Å². The molecular weight excluding hydrogens is 282 g/mol. The van der Waals surface area contributed by atoms with Crippen molar-refractivity contribution in [2.24, 2.45) is 0 Å². The van der Waals surface area contributed by atoms with Crippen molar-refractivity contribution in [2.75, 3.05) is 6.54 Å². The molecule has 19 heavy (non-hydrogen) atoms. The first-order chi connectivity index (χ1) is 8.95. The average molecular weight is 298 g/mol. The van der Waals surface area contributed by atoms with Crippen LogP contribution in [-0.4, -0.2) is 27.7 Å². The van der Waals surface area contributed by atoms with Crippen LogP contribution in [0, 0.1) is 6.92 Å². The molecule has 1 aliphatic rings. The third kappa shape index (κ3) is 3.74. The molecule has 0 aliphatic carbocycles. The molecule has 3 nitrogen and oxygen atoms in total. The lowest BCUT2D eigenvalue weighted by atomic mass is 10.1. The lowest BCUT2D eigenvalue weighted by molar-refractivity contribution is -0.128. The van der Waals surface area contributed by atoms with E-state index in [0.29, 0.717) is 24.5 Å². The first-order valence-electron chi connectivity index (χ1n) is 6.15. The minimum atomic E-state index is 0.0630. The summed E-state index contributed by atoms with van der Waals surface area (Å²) < 4.78 is 0. The van der Waals surface area contributed by atoms with E-state index in [1.165, 1.54) is 18.7 Å². The second kappa shape index (κ2) is 5.97. The Kier molecular flexibility index (Phi) is 4.53. The molecule has 1 atom stereocenters. The number of rotatable bonds is 3. The van der Waals surface area contributed by atoms with Crippen LogP contribution < -0.4 is 0 Å². The maximum absolute atomic E-state index is 11.9. The number of carbonyl (C=O) groups is 2. The number of benzene rings is 1. The van der Waals surface area contributed by atoms with Gasteiger partial charge in [0.2, 0.25) is 5.91 Å². The third-order valence-corrected chi connectivity index (χ3v) is 4.41. The highest BCUT2D eigenvalue weighted by molar-refractivity contribution is 8.14. The van der Waals surface area contributed by atoms with Gasteiger partial charge < -0.3 is 4.90 Å². The second-order valence-electron chi connectivity index (χ2n) is 4.80. The number of hydrogen-bond donors (Lipinski definition) is 0. The molecular formula is C14H16ClNO2S. The number of carbonyl (C=O) groups excluding carboxylic acids is 2. The van der Waals surface area contributed by atoms with E-state index < -0.39 is 0 Å². The summed E-state index contributed by atoms with van der Waals surface area (Å²) in [6, 6.07) is 5.85. The van der Waals surface area contributed by atoms with Gasteiger partial charge in [0.25, 0.3) is 0 Å². The number of hydrogen-bond acceptors (Lipinski definition) is 3. The van der Waals surface area contributed by atoms with Crippen LogP contribution in [-0.2, 0) is 16.1 Å². The fourth-order valence-electron chi connectivity index (χ4n) is 2.19. The summed E-state index contributed by atoms with van der Waals surface area (Å²) in [7, 11) is 0. The molecule has 1 aromatic rings. The van der Waals surface area contributed by atoms with E-state index in [2.05, 4.69) is 0 Å². The summed E-state index contributed by atoms with van der Waals surface area (Å²) in [5.74, 6) is 0.0930. The summed E-state index contributed by atoms with van der Waals surface area (Å²) in [6.45, 7) is 4.66. The number of nitrogens with zero attached hydrogens (tertiary/aromatic N) is 1. The zero-order valence-corrected chi connectivity index (χ0v) is 12.6. The third-order valence-electron chi connectivity index (χ3n) is 3.08. The van der Waals surface area contributed by atoms with Gasteiger partial charge in [0.15, 0.2) is 5.12 Å². The first kappa shape index (κ1) is 14.4. The average Bonchev–Trinajstić information content (AvgIpc) is 2.62. The quantitative estimate of drug-likeness (QED) is 0.860. The number of likely N-dealkylation sites (tertiary alicyclic amines) is 1. The summed E-state index contributed by atoms with van der Waals surface area (Å²) in [5.41, 5.74) is 2.06. The van der Waals surface area contributed by atoms with Crippen LogP contribution in [0.25, 0.3) is 0 Å². The molecule has 0 saturated carbocycles. The number of amides is 1. The molecule has 102 valence electrons. The van der Waals surface area contributed by atoms with E-state index in [-0.39, 0.29) is 16.3 Å². The van der Waals surface area contributed by atoms with Crippen molar-refractivity contribution in [3.05, 3.63) is 34.3 Å². The molecule has 0 radical (unpaired) electrons. The Balaban J connectivity index is 2.03. The van der Waals surface area contributed by atoms with E-state index >= 15 is 0 Å². The monoisotopic (exact) mass is 297 g/mol. The van der Waals surface area contributed by atoms with Gasteiger partial charge in [0, 0.05) is 36.7 Å². The first-order valence-corrected chi connectivity index (χ1v) is 7.41. The van der Waals surface area contributed by atoms with Crippen molar-refractivity contribution in [3.8, 4) is 0 Å². The van der Waals surface area contributed by atoms with E-state index in [0.717, 1.165) is 11.1 Å². The van der Waals surface area contributed by atoms with Crippen LogP contribution in [0.1, 0.15) is 24.5 Å². The molecule has 2 rings (SSSR count). The highest BCUT2D eigenvalue weighted by Crippen LogP contribution is 2.27. The van der Waals surface area contributed by atoms with Crippen LogP contribution in [0.3, 0.4) is 0 Å². The van der Waals surface area contributed by atoms with Crippen molar-refractivity contribution < 1.29 is 9.59 Å². The minimum Gasteiger partial charge on any atom is -0.337 e. The van der Waals surface area contributed by atoms with Crippen LogP contribution in [0.15, 0.2) is 18.2 Å². The SMILES string of the molecule is CC(=O)SC1CC(=O)N(Cc2ccc(C)cc2Cl)C1. The number of halogens is 1. The molecule has 1 aromatic carbocycles. The largest absolute Gasteiger partial charge is 0.337 e. The number of aryl methyl sites for hydroxylation is 1. The fourth-order valence-corrected chi connectivity index (χ4v) is 3.43. The molecule has 1 heterocycles. The molecule has 1 amide bonds. The molecule has 1 aliphatic heterocycles. The lowest BCUT2D eigenvalue weighted by Gasteiger charge is -2.17. The predicted molar refractivity (Wildman–Crippen MR) is 78.3 cm³/mol. The second-order valence-corrected chi connectivity index (χ2v) is 6.69. The van der Waals surface area contributed by atoms with E-state index in [1.54, 1.807) is 4.90 Å². The van der Waals surface area contributed by atoms with Gasteiger partial charge in [-0.3, -0.25) is 9.59 Å². The summed E-state index contributed by atoms with van der Waals surface area (Å²) in [6.07, 6.45) is 0.438. The fraction of sp³-hybridized carbons (Fsp3) is 0.429. The van der Waals surface area contributed by atoms with Gasteiger partial charge in [-0.1, -0.05) is 35.5 Å². The van der Waals surface area contributed by atoms with Crippen molar-refractivity contribution in [1.82, 2.24) is 4.90 Å². The maximum Gasteiger partial charge on any atom is 0.224 e. The zero-order chi connectivity index (χ0) is 14.0. The van der Waals surface area contributed by atoms with Gasteiger partial charge in [-0.2, -0.15) is 0 Å². The zero-order valence-electron chi connectivity index (χ0n) is 11.0. The van der Waals surface area contributed by atoms with E-state index in [9.17, 15) is 9.59 Å².